The third-order valence-electron chi connectivity index (χ3n) is 2.53. The Morgan fingerprint density at radius 2 is 1.52 bits per heavy atom. The summed E-state index contributed by atoms with van der Waals surface area (Å²) < 4.78 is 9.65. The normalized spacial score (nSPS) is 14.1. The molecule has 7 nitrogen and oxygen atoms in total. The SMILES string of the molecule is COC(=O)[C@H](C)NC(=O)[C@@H](NC(=O)OC(C)(C)C)C(C)C. The second kappa shape index (κ2) is 7.85. The first-order chi connectivity index (χ1) is 9.47. The van der Waals surface area contributed by atoms with Crippen LogP contribution in [0, 0.1) is 5.92 Å². The van der Waals surface area contributed by atoms with E-state index in [2.05, 4.69) is 15.4 Å². The van der Waals surface area contributed by atoms with Gasteiger partial charge in [0.2, 0.25) is 5.91 Å². The number of rotatable bonds is 5. The van der Waals surface area contributed by atoms with Crippen LogP contribution < -0.4 is 10.6 Å². The Kier molecular flexibility index (Phi) is 7.18. The predicted octanol–water partition coefficient (Wildman–Crippen LogP) is 1.21. The van der Waals surface area contributed by atoms with Crippen molar-refractivity contribution in [1.29, 1.82) is 0 Å². The van der Waals surface area contributed by atoms with E-state index < -0.39 is 35.7 Å². The number of methoxy groups -OCH3 is 1. The smallest absolute Gasteiger partial charge is 0.408 e. The molecular formula is C14H26N2O5. The van der Waals surface area contributed by atoms with E-state index in [9.17, 15) is 14.4 Å². The Balaban J connectivity index is 4.72. The Morgan fingerprint density at radius 3 is 1.90 bits per heavy atom. The van der Waals surface area contributed by atoms with Gasteiger partial charge in [0.1, 0.15) is 17.7 Å². The summed E-state index contributed by atoms with van der Waals surface area (Å²) in [5.74, 6) is -1.18. The third kappa shape index (κ3) is 7.53. The van der Waals surface area contributed by atoms with Crippen molar-refractivity contribution >= 4 is 18.0 Å². The molecule has 0 saturated carbocycles. The van der Waals surface area contributed by atoms with E-state index in [4.69, 9.17) is 4.74 Å². The molecular weight excluding hydrogens is 276 g/mol. The van der Waals surface area contributed by atoms with Gasteiger partial charge in [0.25, 0.3) is 0 Å². The monoisotopic (exact) mass is 302 g/mol. The molecule has 21 heavy (non-hydrogen) atoms. The van der Waals surface area contributed by atoms with Crippen LogP contribution in [0.5, 0.6) is 0 Å². The Bertz CT molecular complexity index is 387. The predicted molar refractivity (Wildman–Crippen MR) is 77.6 cm³/mol. The van der Waals surface area contributed by atoms with Crippen molar-refractivity contribution in [3.05, 3.63) is 0 Å². The van der Waals surface area contributed by atoms with E-state index in [1.807, 2.05) is 0 Å². The van der Waals surface area contributed by atoms with Crippen LogP contribution in [-0.4, -0.2) is 42.8 Å². The van der Waals surface area contributed by atoms with Gasteiger partial charge < -0.3 is 20.1 Å². The Morgan fingerprint density at radius 1 is 1.00 bits per heavy atom. The number of esters is 1. The molecule has 122 valence electrons. The molecule has 7 heteroatoms. The molecule has 0 aromatic carbocycles. The molecule has 2 amide bonds. The molecule has 0 heterocycles. The zero-order valence-electron chi connectivity index (χ0n) is 13.8. The maximum atomic E-state index is 12.1. The first kappa shape index (κ1) is 19.2. The van der Waals surface area contributed by atoms with Crippen molar-refractivity contribution in [3.63, 3.8) is 0 Å². The maximum Gasteiger partial charge on any atom is 0.408 e. The summed E-state index contributed by atoms with van der Waals surface area (Å²) in [7, 11) is 1.24. The fraction of sp³-hybridized carbons (Fsp3) is 0.786. The first-order valence-corrected chi connectivity index (χ1v) is 6.85. The standard InChI is InChI=1S/C14H26N2O5/c1-8(2)10(16-13(19)21-14(4,5)6)11(17)15-9(3)12(18)20-7/h8-10H,1-7H3,(H,15,17)(H,16,19)/t9-,10-/m0/s1. The highest BCUT2D eigenvalue weighted by Crippen LogP contribution is 2.09. The zero-order chi connectivity index (χ0) is 16.8. The van der Waals surface area contributed by atoms with Gasteiger partial charge in [0, 0.05) is 0 Å². The number of nitrogens with one attached hydrogen (secondary N) is 2. The molecule has 0 aliphatic carbocycles. The summed E-state index contributed by atoms with van der Waals surface area (Å²) in [4.78, 5) is 35.2. The Hall–Kier alpha value is -1.79. The van der Waals surface area contributed by atoms with E-state index in [0.29, 0.717) is 0 Å². The van der Waals surface area contributed by atoms with Gasteiger partial charge in [-0.05, 0) is 33.6 Å². The number of alkyl carbamates (subject to hydrolysis) is 1. The van der Waals surface area contributed by atoms with Crippen molar-refractivity contribution in [2.24, 2.45) is 5.92 Å². The minimum absolute atomic E-state index is 0.164. The number of ether oxygens (including phenoxy) is 2. The highest BCUT2D eigenvalue weighted by atomic mass is 16.6. The lowest BCUT2D eigenvalue weighted by Crippen LogP contribution is -2.53. The Labute approximate surface area is 125 Å². The van der Waals surface area contributed by atoms with Crippen LogP contribution in [-0.2, 0) is 19.1 Å². The average molecular weight is 302 g/mol. The molecule has 0 aromatic rings. The molecule has 0 fully saturated rings. The lowest BCUT2D eigenvalue weighted by molar-refractivity contribution is -0.144. The number of amides is 2. The van der Waals surface area contributed by atoms with Crippen LogP contribution in [0.1, 0.15) is 41.5 Å². The van der Waals surface area contributed by atoms with Crippen molar-refractivity contribution in [2.45, 2.75) is 59.2 Å². The molecule has 0 aromatic heterocycles. The van der Waals surface area contributed by atoms with Gasteiger partial charge in [0.05, 0.1) is 7.11 Å². The molecule has 0 aliphatic heterocycles. The fourth-order valence-electron chi connectivity index (χ4n) is 1.51. The molecule has 0 rings (SSSR count). The quantitative estimate of drug-likeness (QED) is 0.745. The van der Waals surface area contributed by atoms with Crippen LogP contribution in [0.3, 0.4) is 0 Å². The summed E-state index contributed by atoms with van der Waals surface area (Å²) in [6, 6.07) is -1.59. The van der Waals surface area contributed by atoms with Crippen LogP contribution in [0.15, 0.2) is 0 Å². The van der Waals surface area contributed by atoms with Gasteiger partial charge >= 0.3 is 12.1 Å². The van der Waals surface area contributed by atoms with E-state index in [0.717, 1.165) is 0 Å². The van der Waals surface area contributed by atoms with E-state index in [1.165, 1.54) is 14.0 Å². The fourth-order valence-corrected chi connectivity index (χ4v) is 1.51. The minimum atomic E-state index is -0.799. The number of hydrogen-bond acceptors (Lipinski definition) is 5. The highest BCUT2D eigenvalue weighted by Gasteiger charge is 2.28. The molecule has 0 bridgehead atoms. The van der Waals surface area contributed by atoms with E-state index in [-0.39, 0.29) is 5.92 Å². The van der Waals surface area contributed by atoms with Gasteiger partial charge in [-0.3, -0.25) is 4.79 Å². The van der Waals surface area contributed by atoms with Crippen molar-refractivity contribution < 1.29 is 23.9 Å². The second-order valence-corrected chi connectivity index (χ2v) is 6.12. The second-order valence-electron chi connectivity index (χ2n) is 6.12. The number of hydrogen-bond donors (Lipinski definition) is 2. The molecule has 0 saturated heterocycles. The lowest BCUT2D eigenvalue weighted by Gasteiger charge is -2.26. The largest absolute Gasteiger partial charge is 0.467 e. The van der Waals surface area contributed by atoms with E-state index in [1.54, 1.807) is 34.6 Å². The third-order valence-corrected chi connectivity index (χ3v) is 2.53. The zero-order valence-corrected chi connectivity index (χ0v) is 13.8. The lowest BCUT2D eigenvalue weighted by atomic mass is 10.0. The summed E-state index contributed by atoms with van der Waals surface area (Å²) in [5.41, 5.74) is -0.651. The minimum Gasteiger partial charge on any atom is -0.467 e. The summed E-state index contributed by atoms with van der Waals surface area (Å²) in [6.07, 6.45) is -0.679. The highest BCUT2D eigenvalue weighted by molar-refractivity contribution is 5.89. The molecule has 2 N–H and O–H groups in total. The van der Waals surface area contributed by atoms with Crippen LogP contribution in [0.2, 0.25) is 0 Å². The van der Waals surface area contributed by atoms with Crippen LogP contribution in [0.4, 0.5) is 4.79 Å². The van der Waals surface area contributed by atoms with Crippen LogP contribution in [0.25, 0.3) is 0 Å². The molecule has 0 spiro atoms. The van der Waals surface area contributed by atoms with Gasteiger partial charge in [-0.2, -0.15) is 0 Å². The molecule has 0 radical (unpaired) electrons. The molecule has 0 aliphatic rings. The molecule has 0 unspecified atom stereocenters. The number of carbonyl (C=O) groups excluding carboxylic acids is 3. The van der Waals surface area contributed by atoms with Gasteiger partial charge in [-0.25, -0.2) is 9.59 Å². The van der Waals surface area contributed by atoms with E-state index >= 15 is 0 Å². The van der Waals surface area contributed by atoms with Crippen molar-refractivity contribution in [1.82, 2.24) is 10.6 Å². The summed E-state index contributed by atoms with van der Waals surface area (Å²) in [6.45, 7) is 10.3. The number of carbonyl (C=O) groups is 3. The topological polar surface area (TPSA) is 93.7 Å². The summed E-state index contributed by atoms with van der Waals surface area (Å²) >= 11 is 0. The van der Waals surface area contributed by atoms with Crippen molar-refractivity contribution in [3.8, 4) is 0 Å². The van der Waals surface area contributed by atoms with Crippen molar-refractivity contribution in [2.75, 3.05) is 7.11 Å². The van der Waals surface area contributed by atoms with Gasteiger partial charge in [0.15, 0.2) is 0 Å². The average Bonchev–Trinajstić information content (AvgIpc) is 2.31. The summed E-state index contributed by atoms with van der Waals surface area (Å²) in [5, 5.41) is 5.01. The first-order valence-electron chi connectivity index (χ1n) is 6.85. The van der Waals surface area contributed by atoms with Gasteiger partial charge in [-0.15, -0.1) is 0 Å². The maximum absolute atomic E-state index is 12.1. The molecule has 2 atom stereocenters. The van der Waals surface area contributed by atoms with Gasteiger partial charge in [-0.1, -0.05) is 13.8 Å². The van der Waals surface area contributed by atoms with Crippen LogP contribution >= 0.6 is 0 Å².